The largest absolute Gasteiger partial charge is 0.272 e. The Bertz CT molecular complexity index is 745. The van der Waals surface area contributed by atoms with Crippen molar-refractivity contribution in [1.82, 2.24) is 10.0 Å². The van der Waals surface area contributed by atoms with Crippen molar-refractivity contribution in [1.29, 1.82) is 0 Å². The van der Waals surface area contributed by atoms with E-state index in [4.69, 9.17) is 0 Å². The summed E-state index contributed by atoms with van der Waals surface area (Å²) in [6.45, 7) is 1.56. The third-order valence-corrected chi connectivity index (χ3v) is 5.58. The molecule has 126 valence electrons. The molecule has 23 heavy (non-hydrogen) atoms. The summed E-state index contributed by atoms with van der Waals surface area (Å²) in [5.74, 6) is -0.368. The second-order valence-corrected chi connectivity index (χ2v) is 8.04. The van der Waals surface area contributed by atoms with Crippen molar-refractivity contribution in [2.75, 3.05) is 25.6 Å². The molecule has 9 heteroatoms. The Kier molecular flexibility index (Phi) is 4.71. The van der Waals surface area contributed by atoms with Crippen molar-refractivity contribution in [3.63, 3.8) is 0 Å². The summed E-state index contributed by atoms with van der Waals surface area (Å²) in [4.78, 5) is 23.1. The zero-order valence-electron chi connectivity index (χ0n) is 13.2. The number of rotatable bonds is 4. The van der Waals surface area contributed by atoms with Crippen molar-refractivity contribution in [3.05, 3.63) is 39.4 Å². The number of carbonyl (C=O) groups excluding carboxylic acids is 1. The van der Waals surface area contributed by atoms with Crippen LogP contribution in [0.4, 0.5) is 5.69 Å². The minimum Gasteiger partial charge on any atom is -0.268 e. The van der Waals surface area contributed by atoms with Crippen molar-refractivity contribution < 1.29 is 18.1 Å². The van der Waals surface area contributed by atoms with Crippen LogP contribution < -0.4 is 0 Å². The second-order valence-electron chi connectivity index (χ2n) is 5.81. The van der Waals surface area contributed by atoms with Crippen LogP contribution in [-0.4, -0.2) is 60.9 Å². The molecule has 1 heterocycles. The summed E-state index contributed by atoms with van der Waals surface area (Å²) in [6, 6.07) is 3.73. The highest BCUT2D eigenvalue weighted by Crippen LogP contribution is 2.23. The van der Waals surface area contributed by atoms with Crippen LogP contribution in [0.1, 0.15) is 22.3 Å². The van der Waals surface area contributed by atoms with Gasteiger partial charge < -0.3 is 0 Å². The molecule has 1 aromatic carbocycles. The molecule has 0 saturated carbocycles. The van der Waals surface area contributed by atoms with Crippen LogP contribution in [0.15, 0.2) is 18.2 Å². The van der Waals surface area contributed by atoms with Gasteiger partial charge in [0.2, 0.25) is 0 Å². The number of aryl methyl sites for hydroxylation is 1. The molecule has 0 unspecified atom stereocenters. The lowest BCUT2D eigenvalue weighted by Crippen LogP contribution is -2.49. The highest BCUT2D eigenvalue weighted by molar-refractivity contribution is 7.91. The predicted molar refractivity (Wildman–Crippen MR) is 84.7 cm³/mol. The molecule has 0 bridgehead atoms. The quantitative estimate of drug-likeness (QED) is 0.598. The third kappa shape index (κ3) is 3.67. The van der Waals surface area contributed by atoms with Gasteiger partial charge in [-0.3, -0.25) is 19.9 Å². The molecule has 1 fully saturated rings. The maximum Gasteiger partial charge on any atom is 0.272 e. The molecule has 1 saturated heterocycles. The van der Waals surface area contributed by atoms with E-state index < -0.39 is 20.8 Å². The van der Waals surface area contributed by atoms with E-state index in [1.54, 1.807) is 26.0 Å². The topological polar surface area (TPSA) is 101 Å². The second kappa shape index (κ2) is 6.25. The first-order valence-corrected chi connectivity index (χ1v) is 8.91. The normalized spacial score (nSPS) is 19.7. The van der Waals surface area contributed by atoms with Crippen LogP contribution >= 0.6 is 0 Å². The summed E-state index contributed by atoms with van der Waals surface area (Å²) < 4.78 is 23.3. The lowest BCUT2D eigenvalue weighted by Gasteiger charge is -2.33. The van der Waals surface area contributed by atoms with Crippen LogP contribution in [0.25, 0.3) is 0 Å². The minimum absolute atomic E-state index is 0.0543. The van der Waals surface area contributed by atoms with Gasteiger partial charge in [0.25, 0.3) is 11.6 Å². The number of sulfone groups is 1. The molecule has 1 amide bonds. The Morgan fingerprint density at radius 1 is 1.35 bits per heavy atom. The highest BCUT2D eigenvalue weighted by atomic mass is 32.2. The van der Waals surface area contributed by atoms with Gasteiger partial charge in [-0.15, -0.1) is 0 Å². The van der Waals surface area contributed by atoms with Gasteiger partial charge in [0.05, 0.1) is 22.5 Å². The Morgan fingerprint density at radius 2 is 2.00 bits per heavy atom. The third-order valence-electron chi connectivity index (χ3n) is 3.83. The zero-order chi connectivity index (χ0) is 17.4. The summed E-state index contributed by atoms with van der Waals surface area (Å²) >= 11 is 0. The maximum atomic E-state index is 12.7. The Balaban J connectivity index is 2.32. The van der Waals surface area contributed by atoms with Crippen molar-refractivity contribution in [3.8, 4) is 0 Å². The molecule has 1 aromatic rings. The van der Waals surface area contributed by atoms with E-state index >= 15 is 0 Å². The molecule has 0 aromatic heterocycles. The average Bonchev–Trinajstić information content (AvgIpc) is 2.77. The minimum atomic E-state index is -3.13. The van der Waals surface area contributed by atoms with E-state index in [-0.39, 0.29) is 23.1 Å². The van der Waals surface area contributed by atoms with Crippen LogP contribution in [0.2, 0.25) is 0 Å². The Hall–Kier alpha value is -2.00. The molecule has 0 aliphatic carbocycles. The molecular weight excluding hydrogens is 322 g/mol. The van der Waals surface area contributed by atoms with Crippen LogP contribution in [0.5, 0.6) is 0 Å². The molecule has 0 N–H and O–H groups in total. The SMILES string of the molecule is Cc1cc(C(=O)N([C@@H]2CCS(=O)(=O)C2)N(C)C)ccc1[N+](=O)[O-]. The van der Waals surface area contributed by atoms with Gasteiger partial charge in [-0.1, -0.05) is 0 Å². The monoisotopic (exact) mass is 341 g/mol. The standard InChI is InChI=1S/C14H19N3O5S/c1-10-8-11(4-5-13(10)17(19)20)14(18)16(15(2)3)12-6-7-23(21,22)9-12/h4-5,8,12H,6-7,9H2,1-3H3/t12-/m1/s1. The summed E-state index contributed by atoms with van der Waals surface area (Å²) in [6.07, 6.45) is 0.387. The van der Waals surface area contributed by atoms with E-state index in [1.807, 2.05) is 0 Å². The van der Waals surface area contributed by atoms with Crippen molar-refractivity contribution >= 4 is 21.4 Å². The van der Waals surface area contributed by atoms with E-state index in [2.05, 4.69) is 0 Å². The first-order valence-electron chi connectivity index (χ1n) is 7.08. The Morgan fingerprint density at radius 3 is 2.43 bits per heavy atom. The number of hydrazine groups is 1. The Labute approximate surface area is 134 Å². The number of nitro benzene ring substituents is 1. The summed E-state index contributed by atoms with van der Waals surface area (Å²) in [5.41, 5.74) is 0.631. The molecule has 1 aliphatic heterocycles. The predicted octanol–water partition coefficient (Wildman–Crippen LogP) is 1.01. The highest BCUT2D eigenvalue weighted by Gasteiger charge is 2.36. The number of nitrogens with zero attached hydrogens (tertiary/aromatic N) is 3. The zero-order valence-corrected chi connectivity index (χ0v) is 14.0. The maximum absolute atomic E-state index is 12.7. The first kappa shape index (κ1) is 17.4. The van der Waals surface area contributed by atoms with Gasteiger partial charge in [0.15, 0.2) is 9.84 Å². The molecule has 0 spiro atoms. The van der Waals surface area contributed by atoms with Gasteiger partial charge in [0.1, 0.15) is 0 Å². The van der Waals surface area contributed by atoms with Gasteiger partial charge >= 0.3 is 0 Å². The smallest absolute Gasteiger partial charge is 0.268 e. The van der Waals surface area contributed by atoms with Crippen LogP contribution in [0, 0.1) is 17.0 Å². The number of benzene rings is 1. The van der Waals surface area contributed by atoms with E-state index in [0.717, 1.165) is 0 Å². The number of carbonyl (C=O) groups is 1. The molecule has 1 aliphatic rings. The van der Waals surface area contributed by atoms with Gasteiger partial charge in [-0.05, 0) is 25.5 Å². The van der Waals surface area contributed by atoms with Crippen LogP contribution in [0.3, 0.4) is 0 Å². The fourth-order valence-corrected chi connectivity index (χ4v) is 4.46. The number of hydrogen-bond donors (Lipinski definition) is 0. The molecule has 1 atom stereocenters. The molecule has 8 nitrogen and oxygen atoms in total. The van der Waals surface area contributed by atoms with Gasteiger partial charge in [0, 0.05) is 31.3 Å². The van der Waals surface area contributed by atoms with Crippen LogP contribution in [-0.2, 0) is 9.84 Å². The fraction of sp³-hybridized carbons (Fsp3) is 0.500. The van der Waals surface area contributed by atoms with Gasteiger partial charge in [-0.2, -0.15) is 0 Å². The number of amides is 1. The first-order chi connectivity index (χ1) is 10.6. The van der Waals surface area contributed by atoms with E-state index in [0.29, 0.717) is 17.5 Å². The average molecular weight is 341 g/mol. The van der Waals surface area contributed by atoms with Gasteiger partial charge in [-0.25, -0.2) is 13.4 Å². The lowest BCUT2D eigenvalue weighted by molar-refractivity contribution is -0.385. The van der Waals surface area contributed by atoms with Crippen molar-refractivity contribution in [2.24, 2.45) is 0 Å². The molecule has 2 rings (SSSR count). The number of hydrogen-bond acceptors (Lipinski definition) is 6. The fourth-order valence-electron chi connectivity index (χ4n) is 2.77. The van der Waals surface area contributed by atoms with E-state index in [9.17, 15) is 23.3 Å². The molecular formula is C14H19N3O5S. The van der Waals surface area contributed by atoms with Crippen molar-refractivity contribution in [2.45, 2.75) is 19.4 Å². The number of nitro groups is 1. The lowest BCUT2D eigenvalue weighted by atomic mass is 10.1. The summed E-state index contributed by atoms with van der Waals surface area (Å²) in [5, 5.41) is 13.8. The summed E-state index contributed by atoms with van der Waals surface area (Å²) in [7, 11) is 0.210. The van der Waals surface area contributed by atoms with E-state index in [1.165, 1.54) is 23.2 Å². The molecule has 0 radical (unpaired) electrons.